The highest BCUT2D eigenvalue weighted by atomic mass is 32.2. The van der Waals surface area contributed by atoms with E-state index in [4.69, 9.17) is 0 Å². The van der Waals surface area contributed by atoms with Crippen LogP contribution in [0.4, 0.5) is 0 Å². The third kappa shape index (κ3) is 10.6. The SMILES string of the molecule is CCC(CC)CNCCSCC(C)(C)O. The summed E-state index contributed by atoms with van der Waals surface area (Å²) in [5.74, 6) is 2.73. The molecular weight excluding hydrogens is 206 g/mol. The van der Waals surface area contributed by atoms with Gasteiger partial charge in [0.1, 0.15) is 0 Å². The molecule has 0 aromatic rings. The smallest absolute Gasteiger partial charge is 0.0681 e. The molecule has 0 saturated heterocycles. The van der Waals surface area contributed by atoms with E-state index in [9.17, 15) is 5.11 Å². The summed E-state index contributed by atoms with van der Waals surface area (Å²) in [6.45, 7) is 10.4. The maximum absolute atomic E-state index is 9.50. The number of thioether (sulfide) groups is 1. The van der Waals surface area contributed by atoms with Crippen LogP contribution in [0.2, 0.25) is 0 Å². The van der Waals surface area contributed by atoms with Crippen LogP contribution >= 0.6 is 11.8 Å². The van der Waals surface area contributed by atoms with Gasteiger partial charge in [-0.1, -0.05) is 26.7 Å². The first-order valence-electron chi connectivity index (χ1n) is 6.00. The second-order valence-electron chi connectivity index (χ2n) is 4.75. The van der Waals surface area contributed by atoms with Crippen molar-refractivity contribution in [1.29, 1.82) is 0 Å². The summed E-state index contributed by atoms with van der Waals surface area (Å²) >= 11 is 1.81. The molecule has 3 heteroatoms. The number of hydrogen-bond acceptors (Lipinski definition) is 3. The Balaban J connectivity index is 3.25. The lowest BCUT2D eigenvalue weighted by Crippen LogP contribution is -2.26. The van der Waals surface area contributed by atoms with Crippen molar-refractivity contribution in [1.82, 2.24) is 5.32 Å². The Hall–Kier alpha value is 0.270. The van der Waals surface area contributed by atoms with Crippen LogP contribution in [0.3, 0.4) is 0 Å². The fraction of sp³-hybridized carbons (Fsp3) is 1.00. The van der Waals surface area contributed by atoms with Crippen LogP contribution in [-0.2, 0) is 0 Å². The Morgan fingerprint density at radius 1 is 1.27 bits per heavy atom. The molecule has 0 aliphatic rings. The van der Waals surface area contributed by atoms with Crippen molar-refractivity contribution < 1.29 is 5.11 Å². The fourth-order valence-electron chi connectivity index (χ4n) is 1.35. The Kier molecular flexibility index (Phi) is 8.58. The maximum atomic E-state index is 9.50. The van der Waals surface area contributed by atoms with Crippen LogP contribution in [-0.4, -0.2) is 35.3 Å². The van der Waals surface area contributed by atoms with Gasteiger partial charge in [0.15, 0.2) is 0 Å². The minimum absolute atomic E-state index is 0.528. The summed E-state index contributed by atoms with van der Waals surface area (Å²) in [5, 5.41) is 13.0. The molecule has 2 nitrogen and oxygen atoms in total. The minimum atomic E-state index is -0.528. The zero-order valence-electron chi connectivity index (χ0n) is 10.7. The van der Waals surface area contributed by atoms with Crippen molar-refractivity contribution >= 4 is 11.8 Å². The third-order valence-corrected chi connectivity index (χ3v) is 3.87. The second kappa shape index (κ2) is 8.43. The zero-order chi connectivity index (χ0) is 11.7. The maximum Gasteiger partial charge on any atom is 0.0681 e. The number of aliphatic hydroxyl groups is 1. The number of nitrogens with one attached hydrogen (secondary N) is 1. The van der Waals surface area contributed by atoms with E-state index in [0.717, 1.165) is 30.5 Å². The van der Waals surface area contributed by atoms with Crippen molar-refractivity contribution in [3.05, 3.63) is 0 Å². The van der Waals surface area contributed by atoms with E-state index in [-0.39, 0.29) is 0 Å². The predicted octanol–water partition coefficient (Wildman–Crippen LogP) is 2.52. The first-order chi connectivity index (χ1) is 6.99. The molecule has 92 valence electrons. The molecule has 0 radical (unpaired) electrons. The topological polar surface area (TPSA) is 32.3 Å². The molecule has 0 amide bonds. The lowest BCUT2D eigenvalue weighted by atomic mass is 10.0. The Labute approximate surface area is 99.2 Å². The average molecular weight is 233 g/mol. The molecule has 15 heavy (non-hydrogen) atoms. The molecule has 0 aromatic heterocycles. The number of rotatable bonds is 9. The van der Waals surface area contributed by atoms with Gasteiger partial charge >= 0.3 is 0 Å². The predicted molar refractivity (Wildman–Crippen MR) is 70.6 cm³/mol. The Morgan fingerprint density at radius 2 is 1.87 bits per heavy atom. The van der Waals surface area contributed by atoms with Crippen molar-refractivity contribution in [3.8, 4) is 0 Å². The molecule has 0 fully saturated rings. The standard InChI is InChI=1S/C12H27NOS/c1-5-11(6-2)9-13-7-8-15-10-12(3,4)14/h11,13-14H,5-10H2,1-4H3. The van der Waals surface area contributed by atoms with Gasteiger partial charge in [0, 0.05) is 18.1 Å². The van der Waals surface area contributed by atoms with Gasteiger partial charge in [-0.25, -0.2) is 0 Å². The summed E-state index contributed by atoms with van der Waals surface area (Å²) < 4.78 is 0. The third-order valence-electron chi connectivity index (χ3n) is 2.47. The second-order valence-corrected chi connectivity index (χ2v) is 5.86. The van der Waals surface area contributed by atoms with Gasteiger partial charge in [-0.15, -0.1) is 0 Å². The van der Waals surface area contributed by atoms with Gasteiger partial charge in [-0.05, 0) is 26.3 Å². The first kappa shape index (κ1) is 15.3. The molecule has 0 aliphatic heterocycles. The molecule has 0 heterocycles. The molecule has 0 aliphatic carbocycles. The lowest BCUT2D eigenvalue weighted by molar-refractivity contribution is 0.107. The molecule has 0 aromatic carbocycles. The molecule has 2 N–H and O–H groups in total. The van der Waals surface area contributed by atoms with Crippen molar-refractivity contribution in [3.63, 3.8) is 0 Å². The van der Waals surface area contributed by atoms with Crippen LogP contribution in [0.5, 0.6) is 0 Å². The summed E-state index contributed by atoms with van der Waals surface area (Å²) in [6, 6.07) is 0. The summed E-state index contributed by atoms with van der Waals surface area (Å²) in [6.07, 6.45) is 2.53. The van der Waals surface area contributed by atoms with E-state index >= 15 is 0 Å². The highest BCUT2D eigenvalue weighted by molar-refractivity contribution is 7.99. The summed E-state index contributed by atoms with van der Waals surface area (Å²) in [7, 11) is 0. The molecular formula is C12H27NOS. The van der Waals surface area contributed by atoms with Crippen molar-refractivity contribution in [2.75, 3.05) is 24.6 Å². The van der Waals surface area contributed by atoms with E-state index in [0.29, 0.717) is 0 Å². The van der Waals surface area contributed by atoms with Crippen molar-refractivity contribution in [2.45, 2.75) is 46.1 Å². The highest BCUT2D eigenvalue weighted by Crippen LogP contribution is 2.11. The van der Waals surface area contributed by atoms with Gasteiger partial charge < -0.3 is 10.4 Å². The lowest BCUT2D eigenvalue weighted by Gasteiger charge is -2.17. The quantitative estimate of drug-likeness (QED) is 0.600. The zero-order valence-corrected chi connectivity index (χ0v) is 11.5. The largest absolute Gasteiger partial charge is 0.390 e. The number of hydrogen-bond donors (Lipinski definition) is 2. The van der Waals surface area contributed by atoms with Crippen LogP contribution < -0.4 is 5.32 Å². The van der Waals surface area contributed by atoms with Crippen molar-refractivity contribution in [2.24, 2.45) is 5.92 Å². The normalized spacial score (nSPS) is 12.4. The molecule has 0 rings (SSSR count). The van der Waals surface area contributed by atoms with Gasteiger partial charge in [0.05, 0.1) is 5.60 Å². The van der Waals surface area contributed by atoms with Crippen LogP contribution in [0.25, 0.3) is 0 Å². The van der Waals surface area contributed by atoms with E-state index < -0.39 is 5.60 Å². The molecule has 0 saturated carbocycles. The monoisotopic (exact) mass is 233 g/mol. The minimum Gasteiger partial charge on any atom is -0.390 e. The fourth-order valence-corrected chi connectivity index (χ4v) is 2.28. The van der Waals surface area contributed by atoms with E-state index in [1.165, 1.54) is 12.8 Å². The highest BCUT2D eigenvalue weighted by Gasteiger charge is 2.11. The van der Waals surface area contributed by atoms with Crippen LogP contribution in [0, 0.1) is 5.92 Å². The molecule has 0 spiro atoms. The van der Waals surface area contributed by atoms with E-state index in [1.807, 2.05) is 25.6 Å². The first-order valence-corrected chi connectivity index (χ1v) is 7.16. The molecule has 0 bridgehead atoms. The molecule has 0 atom stereocenters. The Bertz CT molecular complexity index is 141. The Morgan fingerprint density at radius 3 is 2.33 bits per heavy atom. The summed E-state index contributed by atoms with van der Waals surface area (Å²) in [5.41, 5.74) is -0.528. The van der Waals surface area contributed by atoms with Crippen LogP contribution in [0.15, 0.2) is 0 Å². The van der Waals surface area contributed by atoms with Gasteiger partial charge in [-0.2, -0.15) is 11.8 Å². The molecule has 0 unspecified atom stereocenters. The van der Waals surface area contributed by atoms with Crippen LogP contribution in [0.1, 0.15) is 40.5 Å². The summed E-state index contributed by atoms with van der Waals surface area (Å²) in [4.78, 5) is 0. The van der Waals surface area contributed by atoms with Gasteiger partial charge in [0.2, 0.25) is 0 Å². The van der Waals surface area contributed by atoms with E-state index in [2.05, 4.69) is 19.2 Å². The van der Waals surface area contributed by atoms with E-state index in [1.54, 1.807) is 0 Å². The van der Waals surface area contributed by atoms with Gasteiger partial charge in [0.25, 0.3) is 0 Å². The average Bonchev–Trinajstić information content (AvgIpc) is 2.15. The van der Waals surface area contributed by atoms with Gasteiger partial charge in [-0.3, -0.25) is 0 Å².